The third-order valence-corrected chi connectivity index (χ3v) is 10.0. The van der Waals surface area contributed by atoms with E-state index in [1.54, 1.807) is 26.8 Å². The summed E-state index contributed by atoms with van der Waals surface area (Å²) in [7, 11) is 1.38. The lowest BCUT2D eigenvalue weighted by Gasteiger charge is -2.62. The van der Waals surface area contributed by atoms with Gasteiger partial charge >= 0.3 is 11.9 Å². The number of esters is 1. The number of aliphatic hydroxyl groups is 2. The van der Waals surface area contributed by atoms with Gasteiger partial charge in [0.1, 0.15) is 11.6 Å². The Morgan fingerprint density at radius 3 is 2.57 bits per heavy atom. The maximum absolute atomic E-state index is 17.2. The van der Waals surface area contributed by atoms with Crippen LogP contribution in [0.5, 0.6) is 0 Å². The molecule has 37 heavy (non-hydrogen) atoms. The largest absolute Gasteiger partial charge is 0.480 e. The van der Waals surface area contributed by atoms with E-state index in [0.29, 0.717) is 24.8 Å². The number of aliphatic carboxylic acids is 1. The molecule has 0 aromatic carbocycles. The summed E-state index contributed by atoms with van der Waals surface area (Å²) in [5.41, 5.74) is -5.78. The van der Waals surface area contributed by atoms with Gasteiger partial charge in [0.15, 0.2) is 18.1 Å². The Labute approximate surface area is 215 Å². The van der Waals surface area contributed by atoms with Crippen LogP contribution in [0.25, 0.3) is 0 Å². The Bertz CT molecular complexity index is 1090. The summed E-state index contributed by atoms with van der Waals surface area (Å²) >= 11 is 0. The number of ether oxygens (including phenoxy) is 1. The minimum Gasteiger partial charge on any atom is -0.480 e. The topological polar surface area (TPSA) is 150 Å². The third-order valence-electron chi connectivity index (χ3n) is 10.0. The maximum Gasteiger partial charge on any atom is 0.321 e. The molecule has 9 atom stereocenters. The fourth-order valence-corrected chi connectivity index (χ4v) is 7.94. The minimum absolute atomic E-state index is 0.184. The van der Waals surface area contributed by atoms with Crippen LogP contribution in [-0.4, -0.2) is 75.9 Å². The van der Waals surface area contributed by atoms with E-state index in [0.717, 1.165) is 0 Å². The van der Waals surface area contributed by atoms with Crippen LogP contribution in [0.2, 0.25) is 0 Å². The van der Waals surface area contributed by atoms with Gasteiger partial charge in [0.2, 0.25) is 5.78 Å². The summed E-state index contributed by atoms with van der Waals surface area (Å²) in [6.45, 7) is 4.34. The van der Waals surface area contributed by atoms with Crippen molar-refractivity contribution < 1.29 is 43.6 Å². The van der Waals surface area contributed by atoms with Gasteiger partial charge in [0, 0.05) is 16.7 Å². The number of carbonyl (C=O) groups is 4. The average molecular weight is 522 g/mol. The van der Waals surface area contributed by atoms with E-state index in [-0.39, 0.29) is 12.2 Å². The summed E-state index contributed by atoms with van der Waals surface area (Å²) in [5, 5.41) is 34.8. The molecular weight excluding hydrogens is 485 g/mol. The predicted octanol–water partition coefficient (Wildman–Crippen LogP) is 1.51. The van der Waals surface area contributed by atoms with Crippen molar-refractivity contribution in [3.05, 3.63) is 23.8 Å². The van der Waals surface area contributed by atoms with E-state index in [1.807, 2.05) is 0 Å². The number of aliphatic hydroxyl groups excluding tert-OH is 1. The molecule has 204 valence electrons. The Balaban J connectivity index is 1.59. The molecule has 0 spiro atoms. The van der Waals surface area contributed by atoms with Crippen LogP contribution in [0, 0.1) is 28.6 Å². The second-order valence-corrected chi connectivity index (χ2v) is 11.6. The number of rotatable bonds is 7. The lowest BCUT2D eigenvalue weighted by molar-refractivity contribution is -0.220. The molecule has 10 heteroatoms. The number of allylic oxidation sites excluding steroid dienone is 4. The molecule has 0 aromatic heterocycles. The van der Waals surface area contributed by atoms with Crippen LogP contribution >= 0.6 is 0 Å². The van der Waals surface area contributed by atoms with Crippen LogP contribution in [0.4, 0.5) is 4.39 Å². The summed E-state index contributed by atoms with van der Waals surface area (Å²) in [4.78, 5) is 48.7. The summed E-state index contributed by atoms with van der Waals surface area (Å²) < 4.78 is 22.2. The van der Waals surface area contributed by atoms with Crippen molar-refractivity contribution in [1.82, 2.24) is 5.32 Å². The monoisotopic (exact) mass is 521 g/mol. The SMILES string of the molecule is CN[C@H](CC(=O)OCC(=O)[C@@]1(O)[C@H](C)CC2C3CCC4=CC(=O)C=C[C@]4(C)[C@@]3(F)[C@@H](O)C[C@@]21C)C(=O)O. The van der Waals surface area contributed by atoms with Crippen molar-refractivity contribution >= 4 is 23.5 Å². The number of carboxylic acid groups (broad SMARTS) is 1. The first-order valence-electron chi connectivity index (χ1n) is 12.8. The molecule has 0 amide bonds. The number of likely N-dealkylation sites (N-methyl/N-ethyl adjacent to an activating group) is 1. The molecule has 0 radical (unpaired) electrons. The van der Waals surface area contributed by atoms with Gasteiger partial charge < -0.3 is 25.4 Å². The number of fused-ring (bicyclic) bond motifs is 5. The van der Waals surface area contributed by atoms with Gasteiger partial charge in [-0.2, -0.15) is 0 Å². The predicted molar refractivity (Wildman–Crippen MR) is 129 cm³/mol. The molecule has 0 aliphatic heterocycles. The molecule has 9 nitrogen and oxygen atoms in total. The van der Waals surface area contributed by atoms with Crippen molar-refractivity contribution in [2.45, 2.75) is 76.3 Å². The van der Waals surface area contributed by atoms with E-state index in [2.05, 4.69) is 5.32 Å². The number of carboxylic acids is 1. The zero-order valence-electron chi connectivity index (χ0n) is 21.6. The van der Waals surface area contributed by atoms with Crippen LogP contribution in [0.1, 0.15) is 52.9 Å². The van der Waals surface area contributed by atoms with Gasteiger partial charge in [-0.15, -0.1) is 0 Å². The molecule has 0 heterocycles. The lowest BCUT2D eigenvalue weighted by Crippen LogP contribution is -2.69. The van der Waals surface area contributed by atoms with E-state index in [1.165, 1.54) is 19.2 Å². The van der Waals surface area contributed by atoms with Gasteiger partial charge in [-0.05, 0) is 63.6 Å². The molecule has 0 aromatic rings. The number of Topliss-reactive ketones (excluding diaryl/α,β-unsaturated/α-hetero) is 1. The minimum atomic E-state index is -2.09. The van der Waals surface area contributed by atoms with Gasteiger partial charge in [0.25, 0.3) is 0 Å². The van der Waals surface area contributed by atoms with E-state index in [9.17, 15) is 29.4 Å². The van der Waals surface area contributed by atoms with Crippen molar-refractivity contribution in [3.63, 3.8) is 0 Å². The lowest BCUT2D eigenvalue weighted by atomic mass is 9.44. The Hall–Kier alpha value is -2.43. The molecule has 0 saturated heterocycles. The van der Waals surface area contributed by atoms with Crippen LogP contribution in [0.15, 0.2) is 23.8 Å². The van der Waals surface area contributed by atoms with E-state index in [4.69, 9.17) is 9.84 Å². The maximum atomic E-state index is 17.2. The van der Waals surface area contributed by atoms with Crippen molar-refractivity contribution in [2.75, 3.05) is 13.7 Å². The van der Waals surface area contributed by atoms with Crippen molar-refractivity contribution in [2.24, 2.45) is 28.6 Å². The summed E-state index contributed by atoms with van der Waals surface area (Å²) in [5.74, 6) is -4.81. The number of hydrogen-bond acceptors (Lipinski definition) is 8. The van der Waals surface area contributed by atoms with Gasteiger partial charge in [-0.3, -0.25) is 19.2 Å². The van der Waals surface area contributed by atoms with Crippen LogP contribution in [-0.2, 0) is 23.9 Å². The first-order chi connectivity index (χ1) is 17.2. The first-order valence-corrected chi connectivity index (χ1v) is 12.8. The highest BCUT2D eigenvalue weighted by atomic mass is 19.1. The average Bonchev–Trinajstić information content (AvgIpc) is 3.03. The normalized spacial score (nSPS) is 43.2. The van der Waals surface area contributed by atoms with Crippen LogP contribution in [0.3, 0.4) is 0 Å². The molecule has 2 unspecified atom stereocenters. The number of hydrogen-bond donors (Lipinski definition) is 4. The van der Waals surface area contributed by atoms with Gasteiger partial charge in [-0.25, -0.2) is 4.39 Å². The highest BCUT2D eigenvalue weighted by molar-refractivity contribution is 6.01. The fraction of sp³-hybridized carbons (Fsp3) is 0.704. The quantitative estimate of drug-likeness (QED) is 0.366. The van der Waals surface area contributed by atoms with Crippen molar-refractivity contribution in [3.8, 4) is 0 Å². The zero-order chi connectivity index (χ0) is 27.6. The number of carbonyl (C=O) groups excluding carboxylic acids is 3. The second kappa shape index (κ2) is 9.10. The molecule has 3 fully saturated rings. The molecule has 4 rings (SSSR count). The Morgan fingerprint density at radius 1 is 1.27 bits per heavy atom. The smallest absolute Gasteiger partial charge is 0.321 e. The number of ketones is 2. The second-order valence-electron chi connectivity index (χ2n) is 11.6. The summed E-state index contributed by atoms with van der Waals surface area (Å²) in [6.07, 6.45) is 3.32. The molecule has 4 N–H and O–H groups in total. The number of nitrogens with one attached hydrogen (secondary N) is 1. The fourth-order valence-electron chi connectivity index (χ4n) is 7.94. The van der Waals surface area contributed by atoms with Crippen molar-refractivity contribution in [1.29, 1.82) is 0 Å². The van der Waals surface area contributed by atoms with Gasteiger partial charge in [0.05, 0.1) is 12.5 Å². The van der Waals surface area contributed by atoms with E-state index < -0.39 is 82.7 Å². The Kier molecular flexibility index (Phi) is 6.79. The molecule has 4 aliphatic rings. The number of halogens is 1. The Morgan fingerprint density at radius 2 is 1.95 bits per heavy atom. The first kappa shape index (κ1) is 27.6. The third kappa shape index (κ3) is 3.74. The molecule has 4 aliphatic carbocycles. The molecular formula is C27H36FNO8. The highest BCUT2D eigenvalue weighted by Crippen LogP contribution is 2.70. The number of alkyl halides is 1. The molecule has 3 saturated carbocycles. The standard InChI is InChI=1S/C27H36FNO8/c1-14-9-18-17-6-5-15-10-16(30)7-8-24(15,2)26(17,28)20(31)12-25(18,3)27(14,36)21(32)13-37-22(33)11-19(29-4)23(34)35/h7-8,10,14,17-20,29,31,36H,5-6,9,11-13H2,1-4H3,(H,34,35)/t14-,17?,18?,19-,20+,24+,25+,26+,27+/m1/s1. The highest BCUT2D eigenvalue weighted by Gasteiger charge is 2.75. The van der Waals surface area contributed by atoms with Crippen LogP contribution < -0.4 is 5.32 Å². The van der Waals surface area contributed by atoms with Gasteiger partial charge in [-0.1, -0.05) is 25.5 Å². The van der Waals surface area contributed by atoms with E-state index >= 15 is 4.39 Å². The summed E-state index contributed by atoms with van der Waals surface area (Å²) in [6, 6.07) is -1.18. The molecule has 0 bridgehead atoms. The zero-order valence-corrected chi connectivity index (χ0v) is 21.6.